The van der Waals surface area contributed by atoms with Crippen molar-refractivity contribution in [3.8, 4) is 50.5 Å². The third-order valence-electron chi connectivity index (χ3n) is 9.81. The van der Waals surface area contributed by atoms with Gasteiger partial charge in [-0.3, -0.25) is 4.57 Å². The third-order valence-corrected chi connectivity index (χ3v) is 9.81. The van der Waals surface area contributed by atoms with E-state index in [0.29, 0.717) is 0 Å². The van der Waals surface area contributed by atoms with Crippen LogP contribution in [0.15, 0.2) is 158 Å². The summed E-state index contributed by atoms with van der Waals surface area (Å²) in [5, 5.41) is 2.49. The van der Waals surface area contributed by atoms with E-state index in [9.17, 15) is 0 Å². The molecule has 0 fully saturated rings. The maximum absolute atomic E-state index is 5.41. The van der Waals surface area contributed by atoms with Crippen LogP contribution in [0.2, 0.25) is 0 Å². The molecule has 1 aliphatic carbocycles. The van der Waals surface area contributed by atoms with Gasteiger partial charge in [0, 0.05) is 21.8 Å². The SMILES string of the molecule is CC1(C)c2ccccc2-c2cc3c4ccccc4n(-c4cc(-c5ccccc5)cc(-c5ccc(-c6ccccc6)cc5)n4)c3cc21. The molecule has 0 radical (unpaired) electrons. The molecule has 0 saturated carbocycles. The molecule has 0 amide bonds. The van der Waals surface area contributed by atoms with Crippen LogP contribution in [0, 0.1) is 0 Å². The predicted octanol–water partition coefficient (Wildman–Crippen LogP) is 11.5. The van der Waals surface area contributed by atoms with Gasteiger partial charge in [-0.25, -0.2) is 4.98 Å². The lowest BCUT2D eigenvalue weighted by Gasteiger charge is -2.21. The van der Waals surface area contributed by atoms with E-state index in [1.165, 1.54) is 55.2 Å². The van der Waals surface area contributed by atoms with Gasteiger partial charge in [0.15, 0.2) is 0 Å². The topological polar surface area (TPSA) is 17.8 Å². The molecule has 0 spiro atoms. The fourth-order valence-electron chi connectivity index (χ4n) is 7.45. The number of fused-ring (bicyclic) bond motifs is 6. The molecule has 1 aliphatic rings. The molecule has 2 aromatic heterocycles. The number of nitrogens with zero attached hydrogens (tertiary/aromatic N) is 2. The van der Waals surface area contributed by atoms with Crippen LogP contribution in [0.4, 0.5) is 0 Å². The Morgan fingerprint density at radius 3 is 1.80 bits per heavy atom. The second kappa shape index (κ2) is 10.2. The molecule has 0 atom stereocenters. The summed E-state index contributed by atoms with van der Waals surface area (Å²) in [7, 11) is 0. The van der Waals surface area contributed by atoms with Gasteiger partial charge in [-0.1, -0.05) is 141 Å². The standard InChI is InChI=1S/C44H32N2/c1-44(2)38-19-11-9-17-34(38)36-27-37-35-18-10-12-20-41(35)46(42(37)28-39(36)44)43-26-33(30-15-7-4-8-16-30)25-40(45-43)32-23-21-31(22-24-32)29-13-5-3-6-14-29/h3-28H,1-2H3. The number of hydrogen-bond acceptors (Lipinski definition) is 1. The quantitative estimate of drug-likeness (QED) is 0.200. The van der Waals surface area contributed by atoms with E-state index in [4.69, 9.17) is 4.98 Å². The van der Waals surface area contributed by atoms with Crippen LogP contribution >= 0.6 is 0 Å². The minimum absolute atomic E-state index is 0.0909. The Morgan fingerprint density at radius 1 is 0.435 bits per heavy atom. The van der Waals surface area contributed by atoms with Crippen molar-refractivity contribution in [3.63, 3.8) is 0 Å². The first kappa shape index (κ1) is 26.7. The Bertz CT molecular complexity index is 2410. The van der Waals surface area contributed by atoms with Crippen LogP contribution in [-0.2, 0) is 5.41 Å². The molecule has 0 N–H and O–H groups in total. The monoisotopic (exact) mass is 588 g/mol. The van der Waals surface area contributed by atoms with Crippen molar-refractivity contribution in [1.29, 1.82) is 0 Å². The average Bonchev–Trinajstić information content (AvgIpc) is 3.56. The highest BCUT2D eigenvalue weighted by atomic mass is 15.1. The van der Waals surface area contributed by atoms with Gasteiger partial charge >= 0.3 is 0 Å². The largest absolute Gasteiger partial charge is 0.294 e. The summed E-state index contributed by atoms with van der Waals surface area (Å²) in [6.45, 7) is 4.70. The molecule has 0 bridgehead atoms. The molecule has 0 saturated heterocycles. The van der Waals surface area contributed by atoms with Crippen LogP contribution < -0.4 is 0 Å². The minimum Gasteiger partial charge on any atom is -0.294 e. The number of para-hydroxylation sites is 1. The fourth-order valence-corrected chi connectivity index (χ4v) is 7.45. The zero-order valence-corrected chi connectivity index (χ0v) is 25.9. The van der Waals surface area contributed by atoms with Gasteiger partial charge < -0.3 is 0 Å². The molecule has 2 heteroatoms. The molecular formula is C44H32N2. The van der Waals surface area contributed by atoms with E-state index in [-0.39, 0.29) is 5.41 Å². The Morgan fingerprint density at radius 2 is 1.04 bits per heavy atom. The lowest BCUT2D eigenvalue weighted by atomic mass is 9.82. The maximum atomic E-state index is 5.41. The van der Waals surface area contributed by atoms with Crippen LogP contribution in [0.3, 0.4) is 0 Å². The van der Waals surface area contributed by atoms with E-state index in [0.717, 1.165) is 28.2 Å². The summed E-state index contributed by atoms with van der Waals surface area (Å²) in [6.07, 6.45) is 0. The molecule has 2 heterocycles. The van der Waals surface area contributed by atoms with Crippen LogP contribution in [0.5, 0.6) is 0 Å². The molecular weight excluding hydrogens is 556 g/mol. The van der Waals surface area contributed by atoms with E-state index in [2.05, 4.69) is 176 Å². The number of rotatable bonds is 4. The lowest BCUT2D eigenvalue weighted by molar-refractivity contribution is 0.661. The van der Waals surface area contributed by atoms with Crippen molar-refractivity contribution in [3.05, 3.63) is 169 Å². The van der Waals surface area contributed by atoms with Crippen LogP contribution in [0.1, 0.15) is 25.0 Å². The fraction of sp³-hybridized carbons (Fsp3) is 0.0682. The highest BCUT2D eigenvalue weighted by Gasteiger charge is 2.36. The average molecular weight is 589 g/mol. The maximum Gasteiger partial charge on any atom is 0.138 e. The van der Waals surface area contributed by atoms with Crippen molar-refractivity contribution >= 4 is 21.8 Å². The van der Waals surface area contributed by atoms with Gasteiger partial charge in [0.05, 0.1) is 16.7 Å². The summed E-state index contributed by atoms with van der Waals surface area (Å²) >= 11 is 0. The first-order valence-electron chi connectivity index (χ1n) is 16.0. The Hall–Kier alpha value is -5.73. The Labute approximate surface area is 269 Å². The normalized spacial score (nSPS) is 13.2. The van der Waals surface area contributed by atoms with Gasteiger partial charge in [0.1, 0.15) is 5.82 Å². The van der Waals surface area contributed by atoms with Gasteiger partial charge in [-0.05, 0) is 74.8 Å². The number of aromatic nitrogens is 2. The van der Waals surface area contributed by atoms with Crippen LogP contribution in [-0.4, -0.2) is 9.55 Å². The lowest BCUT2D eigenvalue weighted by Crippen LogP contribution is -2.15. The van der Waals surface area contributed by atoms with Crippen LogP contribution in [0.25, 0.3) is 72.3 Å². The zero-order chi connectivity index (χ0) is 30.8. The number of pyridine rings is 1. The molecule has 218 valence electrons. The first-order valence-corrected chi connectivity index (χ1v) is 16.0. The summed E-state index contributed by atoms with van der Waals surface area (Å²) < 4.78 is 2.37. The van der Waals surface area contributed by atoms with Gasteiger partial charge in [-0.2, -0.15) is 0 Å². The molecule has 46 heavy (non-hydrogen) atoms. The Kier molecular flexibility index (Phi) is 5.88. The summed E-state index contributed by atoms with van der Waals surface area (Å²) in [6, 6.07) is 56.9. The van der Waals surface area contributed by atoms with Crippen molar-refractivity contribution < 1.29 is 0 Å². The Balaban J connectivity index is 1.29. The highest BCUT2D eigenvalue weighted by molar-refractivity contribution is 6.11. The van der Waals surface area contributed by atoms with Gasteiger partial charge in [0.2, 0.25) is 0 Å². The molecule has 6 aromatic carbocycles. The summed E-state index contributed by atoms with van der Waals surface area (Å²) in [4.78, 5) is 5.41. The first-order chi connectivity index (χ1) is 22.6. The molecule has 8 aromatic rings. The number of hydrogen-bond donors (Lipinski definition) is 0. The molecule has 2 nitrogen and oxygen atoms in total. The summed E-state index contributed by atoms with van der Waals surface area (Å²) in [5.41, 5.74) is 14.5. The number of benzene rings is 6. The second-order valence-electron chi connectivity index (χ2n) is 12.8. The smallest absolute Gasteiger partial charge is 0.138 e. The minimum atomic E-state index is -0.0909. The van der Waals surface area contributed by atoms with Crippen molar-refractivity contribution in [2.24, 2.45) is 0 Å². The van der Waals surface area contributed by atoms with Crippen molar-refractivity contribution in [1.82, 2.24) is 9.55 Å². The van der Waals surface area contributed by atoms with Gasteiger partial charge in [0.25, 0.3) is 0 Å². The third kappa shape index (κ3) is 4.07. The zero-order valence-electron chi connectivity index (χ0n) is 25.9. The van der Waals surface area contributed by atoms with E-state index >= 15 is 0 Å². The van der Waals surface area contributed by atoms with Crippen molar-refractivity contribution in [2.45, 2.75) is 19.3 Å². The van der Waals surface area contributed by atoms with E-state index < -0.39 is 0 Å². The second-order valence-corrected chi connectivity index (χ2v) is 12.8. The molecule has 0 aliphatic heterocycles. The van der Waals surface area contributed by atoms with E-state index in [1.807, 2.05) is 0 Å². The summed E-state index contributed by atoms with van der Waals surface area (Å²) in [5.74, 6) is 0.919. The van der Waals surface area contributed by atoms with E-state index in [1.54, 1.807) is 0 Å². The van der Waals surface area contributed by atoms with Gasteiger partial charge in [-0.15, -0.1) is 0 Å². The molecule has 9 rings (SSSR count). The highest BCUT2D eigenvalue weighted by Crippen LogP contribution is 2.51. The molecule has 0 unspecified atom stereocenters. The van der Waals surface area contributed by atoms with Crippen molar-refractivity contribution in [2.75, 3.05) is 0 Å². The predicted molar refractivity (Wildman–Crippen MR) is 192 cm³/mol.